The molecule has 2 aliphatic rings. The van der Waals surface area contributed by atoms with E-state index in [4.69, 9.17) is 4.74 Å². The van der Waals surface area contributed by atoms with Crippen molar-refractivity contribution in [3.8, 4) is 0 Å². The molecule has 0 saturated carbocycles. The number of piperidine rings is 1. The number of amidine groups is 1. The lowest BCUT2D eigenvalue weighted by molar-refractivity contribution is -0.143. The van der Waals surface area contributed by atoms with E-state index in [1.165, 1.54) is 7.11 Å². The number of carbonyl (C=O) groups excluding carboxylic acids is 2. The number of ether oxygens (including phenoxy) is 1. The van der Waals surface area contributed by atoms with Crippen molar-refractivity contribution in [3.63, 3.8) is 0 Å². The van der Waals surface area contributed by atoms with Crippen LogP contribution in [0.1, 0.15) is 36.5 Å². The fourth-order valence-electron chi connectivity index (χ4n) is 4.59. The van der Waals surface area contributed by atoms with Crippen LogP contribution in [0, 0.1) is 5.92 Å². The van der Waals surface area contributed by atoms with Crippen LogP contribution >= 0.6 is 11.8 Å². The van der Waals surface area contributed by atoms with Gasteiger partial charge in [-0.25, -0.2) is 0 Å². The summed E-state index contributed by atoms with van der Waals surface area (Å²) >= 11 is 0.883. The molecule has 0 unspecified atom stereocenters. The minimum absolute atomic E-state index is 0.0333. The maximum absolute atomic E-state index is 13.5. The number of nitrogens with zero attached hydrogens (tertiary/aromatic N) is 3. The largest absolute Gasteiger partial charge is 0.416 e. The van der Waals surface area contributed by atoms with Crippen LogP contribution in [-0.2, 0) is 28.4 Å². The summed E-state index contributed by atoms with van der Waals surface area (Å²) in [6.45, 7) is 2.40. The molecule has 39 heavy (non-hydrogen) atoms. The lowest BCUT2D eigenvalue weighted by atomic mass is 9.95. The molecule has 1 saturated heterocycles. The highest BCUT2D eigenvalue weighted by Gasteiger charge is 2.38. The molecule has 0 aromatic heterocycles. The van der Waals surface area contributed by atoms with Crippen LogP contribution < -0.4 is 5.32 Å². The van der Waals surface area contributed by atoms with Gasteiger partial charge in [0, 0.05) is 13.7 Å². The topological polar surface area (TPSA) is 74.2 Å². The van der Waals surface area contributed by atoms with Crippen molar-refractivity contribution in [1.29, 1.82) is 0 Å². The molecule has 1 N–H and O–H groups in total. The molecule has 1 fully saturated rings. The molecule has 2 amide bonds. The van der Waals surface area contributed by atoms with E-state index >= 15 is 0 Å². The molecule has 3 rings (SSSR count). The third kappa shape index (κ3) is 8.05. The fourth-order valence-corrected chi connectivity index (χ4v) is 5.37. The Morgan fingerprint density at radius 1 is 1.21 bits per heavy atom. The van der Waals surface area contributed by atoms with Crippen LogP contribution in [0.15, 0.2) is 34.2 Å². The number of methoxy groups -OCH3 is 1. The van der Waals surface area contributed by atoms with E-state index in [-0.39, 0.29) is 35.8 Å². The smallest absolute Gasteiger partial charge is 0.380 e. The summed E-state index contributed by atoms with van der Waals surface area (Å²) in [6.07, 6.45) is -7.30. The monoisotopic (exact) mass is 580 g/mol. The van der Waals surface area contributed by atoms with Crippen LogP contribution in [-0.4, -0.2) is 73.2 Å². The van der Waals surface area contributed by atoms with Gasteiger partial charge in [-0.3, -0.25) is 19.4 Å². The summed E-state index contributed by atoms with van der Waals surface area (Å²) in [7, 11) is 4.94. The summed E-state index contributed by atoms with van der Waals surface area (Å²) in [5, 5.41) is 2.23. The average molecular weight is 581 g/mol. The van der Waals surface area contributed by atoms with Gasteiger partial charge in [0.25, 0.3) is 0 Å². The van der Waals surface area contributed by atoms with E-state index in [2.05, 4.69) is 10.3 Å². The highest BCUT2D eigenvalue weighted by atomic mass is 32.2. The Balaban J connectivity index is 1.66. The van der Waals surface area contributed by atoms with Crippen molar-refractivity contribution in [2.24, 2.45) is 10.9 Å². The maximum Gasteiger partial charge on any atom is 0.416 e. The minimum atomic E-state index is -4.92. The number of benzene rings is 1. The molecule has 14 heteroatoms. The molecule has 2 aliphatic heterocycles. The molecule has 0 bridgehead atoms. The van der Waals surface area contributed by atoms with Gasteiger partial charge in [0.15, 0.2) is 5.84 Å². The summed E-state index contributed by atoms with van der Waals surface area (Å²) in [4.78, 5) is 32.7. The minimum Gasteiger partial charge on any atom is -0.380 e. The lowest BCUT2D eigenvalue weighted by Crippen LogP contribution is -2.51. The molecular formula is C25H30F6N4O3S. The van der Waals surface area contributed by atoms with Gasteiger partial charge in [0.1, 0.15) is 6.04 Å². The van der Waals surface area contributed by atoms with Crippen LogP contribution in [0.3, 0.4) is 0 Å². The summed E-state index contributed by atoms with van der Waals surface area (Å²) in [5.74, 6) is -0.276. The Morgan fingerprint density at radius 2 is 1.85 bits per heavy atom. The number of aliphatic imine (C=N–C) groups is 1. The van der Waals surface area contributed by atoms with Crippen LogP contribution in [0.4, 0.5) is 31.1 Å². The van der Waals surface area contributed by atoms with Crippen molar-refractivity contribution >= 4 is 28.7 Å². The number of hydrogen-bond donors (Lipinski definition) is 1. The van der Waals surface area contributed by atoms with E-state index in [9.17, 15) is 35.9 Å². The molecular weight excluding hydrogens is 550 g/mol. The Labute approximate surface area is 226 Å². The quantitative estimate of drug-likeness (QED) is 0.449. The number of halogens is 6. The first-order chi connectivity index (χ1) is 18.1. The van der Waals surface area contributed by atoms with Gasteiger partial charge in [-0.1, -0.05) is 12.1 Å². The number of hydrogen-bond acceptors (Lipinski definition) is 6. The Morgan fingerprint density at radius 3 is 2.38 bits per heavy atom. The molecule has 216 valence electrons. The van der Waals surface area contributed by atoms with Crippen molar-refractivity contribution in [2.75, 3.05) is 34.3 Å². The van der Waals surface area contributed by atoms with Gasteiger partial charge in [0.05, 0.1) is 22.1 Å². The van der Waals surface area contributed by atoms with Gasteiger partial charge >= 0.3 is 17.6 Å². The fraction of sp³-hybridized carbons (Fsp3) is 0.560. The first-order valence-electron chi connectivity index (χ1n) is 12.1. The van der Waals surface area contributed by atoms with Gasteiger partial charge in [-0.15, -0.1) is 0 Å². The Bertz CT molecular complexity index is 1130. The number of allylic oxidation sites excluding steroid dienone is 1. The number of nitrogens with one attached hydrogen (secondary N) is 1. The van der Waals surface area contributed by atoms with Gasteiger partial charge in [-0.05, 0) is 82.3 Å². The Kier molecular flexibility index (Phi) is 9.89. The zero-order valence-electron chi connectivity index (χ0n) is 21.8. The highest BCUT2D eigenvalue weighted by Crippen LogP contribution is 2.38. The van der Waals surface area contributed by atoms with E-state index in [1.807, 2.05) is 6.08 Å². The molecule has 1 aromatic rings. The molecule has 0 aliphatic carbocycles. The molecule has 2 heterocycles. The van der Waals surface area contributed by atoms with E-state index < -0.39 is 40.9 Å². The van der Waals surface area contributed by atoms with E-state index in [0.717, 1.165) is 17.8 Å². The number of amides is 2. The zero-order chi connectivity index (χ0) is 29.1. The second-order valence-electron chi connectivity index (χ2n) is 9.68. The van der Waals surface area contributed by atoms with Gasteiger partial charge in [-0.2, -0.15) is 31.3 Å². The van der Waals surface area contributed by atoms with E-state index in [1.54, 1.807) is 30.8 Å². The molecule has 2 atom stereocenters. The van der Waals surface area contributed by atoms with E-state index in [0.29, 0.717) is 36.9 Å². The predicted octanol–water partition coefficient (Wildman–Crippen LogP) is 5.17. The highest BCUT2D eigenvalue weighted by molar-refractivity contribution is 8.18. The first-order valence-corrected chi connectivity index (χ1v) is 12.9. The maximum atomic E-state index is 13.5. The van der Waals surface area contributed by atoms with Gasteiger partial charge < -0.3 is 10.1 Å². The van der Waals surface area contributed by atoms with Crippen molar-refractivity contribution in [1.82, 2.24) is 15.1 Å². The van der Waals surface area contributed by atoms with Crippen molar-refractivity contribution < 1.29 is 40.7 Å². The summed E-state index contributed by atoms with van der Waals surface area (Å²) in [6, 6.07) is 1.08. The normalized spacial score (nSPS) is 20.4. The lowest BCUT2D eigenvalue weighted by Gasteiger charge is -2.31. The summed E-state index contributed by atoms with van der Waals surface area (Å²) < 4.78 is 84.7. The second kappa shape index (κ2) is 12.4. The SMILES string of the molecule is CO[C@H](C)[C@@H](C(=O)NC1=NC(=O)S/C1=C\C1CCN(Cc2ccc(C(F)(F)F)cc2C(F)(F)F)CC1)N(C)C. The van der Waals surface area contributed by atoms with Crippen LogP contribution in [0.25, 0.3) is 0 Å². The number of thioether (sulfide) groups is 1. The average Bonchev–Trinajstić information content (AvgIpc) is 3.16. The van der Waals surface area contributed by atoms with Crippen LogP contribution in [0.2, 0.25) is 0 Å². The van der Waals surface area contributed by atoms with Crippen molar-refractivity contribution in [3.05, 3.63) is 45.9 Å². The zero-order valence-corrected chi connectivity index (χ0v) is 22.6. The first kappa shape index (κ1) is 31.1. The summed E-state index contributed by atoms with van der Waals surface area (Å²) in [5.41, 5.74) is -2.86. The third-order valence-corrected chi connectivity index (χ3v) is 7.49. The number of alkyl halides is 6. The Hall–Kier alpha value is -2.42. The second-order valence-corrected chi connectivity index (χ2v) is 10.7. The molecule has 0 radical (unpaired) electrons. The third-order valence-electron chi connectivity index (χ3n) is 6.67. The number of carbonyl (C=O) groups is 2. The number of likely N-dealkylation sites (N-methyl/N-ethyl adjacent to an activating group) is 1. The predicted molar refractivity (Wildman–Crippen MR) is 135 cm³/mol. The standard InChI is InChI=1S/C25H30F6N4O3S/c1-14(38-4)20(34(2)3)22(36)32-21-19(39-23(37)33-21)11-15-7-9-35(10-8-15)13-16-5-6-17(24(26,27)28)12-18(16)25(29,30)31/h5-6,11-12,14-15,20H,7-10,13H2,1-4H3,(H,32,33,36,37)/b19-11-/t14-,20+/m1/s1. The van der Waals surface area contributed by atoms with Gasteiger partial charge in [0.2, 0.25) is 5.91 Å². The van der Waals surface area contributed by atoms with Crippen LogP contribution in [0.5, 0.6) is 0 Å². The molecule has 0 spiro atoms. The number of likely N-dealkylation sites (tertiary alicyclic amines) is 1. The molecule has 7 nitrogen and oxygen atoms in total. The molecule has 1 aromatic carbocycles. The number of rotatable bonds is 7. The van der Waals surface area contributed by atoms with Crippen molar-refractivity contribution in [2.45, 2.75) is 50.8 Å².